The van der Waals surface area contributed by atoms with Crippen LogP contribution >= 0.6 is 11.3 Å². The summed E-state index contributed by atoms with van der Waals surface area (Å²) in [7, 11) is 0. The number of hydrogen-bond acceptors (Lipinski definition) is 7. The molecule has 1 amide bonds. The van der Waals surface area contributed by atoms with Gasteiger partial charge in [0, 0.05) is 53.0 Å². The Bertz CT molecular complexity index is 1240. The van der Waals surface area contributed by atoms with E-state index in [-0.39, 0.29) is 12.0 Å². The van der Waals surface area contributed by atoms with Crippen molar-refractivity contribution in [2.45, 2.75) is 63.3 Å². The summed E-state index contributed by atoms with van der Waals surface area (Å²) in [5, 5.41) is 3.65. The number of nitrogens with zero attached hydrogens (tertiary/aromatic N) is 3. The normalized spacial score (nSPS) is 17.7. The second kappa shape index (κ2) is 10.7. The van der Waals surface area contributed by atoms with Crippen LogP contribution < -0.4 is 10.1 Å². The molecule has 0 bridgehead atoms. The number of aromatic nitrogens is 3. The van der Waals surface area contributed by atoms with E-state index in [1.165, 1.54) is 24.1 Å². The molecule has 196 valence electrons. The summed E-state index contributed by atoms with van der Waals surface area (Å²) in [6.45, 7) is 2.92. The fraction of sp³-hybridized carbons (Fsp3) is 0.462. The summed E-state index contributed by atoms with van der Waals surface area (Å²) in [5.41, 5.74) is 1.52. The summed E-state index contributed by atoms with van der Waals surface area (Å²) < 4.78 is 50.0. The predicted octanol–water partition coefficient (Wildman–Crippen LogP) is 5.94. The number of alkyl halides is 3. The standard InChI is InChI=1S/C26H27F3N4O3S/c1-15(19-12-31-25(32-13-19)26(27,28)29)33-23(34)17-9-18(24-30-14-22(37-24)16-3-2-4-16)11-21(10-17)36-20-5-7-35-8-6-20/h9-16,20H,2-8H2,1H3,(H,33,34). The van der Waals surface area contributed by atoms with Crippen molar-refractivity contribution < 1.29 is 27.4 Å². The van der Waals surface area contributed by atoms with Crippen molar-refractivity contribution in [1.82, 2.24) is 20.3 Å². The molecular weight excluding hydrogens is 505 g/mol. The van der Waals surface area contributed by atoms with Gasteiger partial charge in [0.2, 0.25) is 5.82 Å². The molecule has 1 saturated carbocycles. The Hall–Kier alpha value is -3.05. The molecule has 1 aliphatic carbocycles. The zero-order valence-electron chi connectivity index (χ0n) is 20.3. The molecule has 1 unspecified atom stereocenters. The number of hydrogen-bond donors (Lipinski definition) is 1. The lowest BCUT2D eigenvalue weighted by Gasteiger charge is -2.24. The fourth-order valence-electron chi connectivity index (χ4n) is 4.28. The van der Waals surface area contributed by atoms with Crippen molar-refractivity contribution in [3.63, 3.8) is 0 Å². The van der Waals surface area contributed by atoms with Crippen molar-refractivity contribution in [3.05, 3.63) is 58.6 Å². The van der Waals surface area contributed by atoms with E-state index < -0.39 is 18.0 Å². The number of amides is 1. The minimum atomic E-state index is -4.62. The summed E-state index contributed by atoms with van der Waals surface area (Å²) >= 11 is 1.63. The Labute approximate surface area is 216 Å². The van der Waals surface area contributed by atoms with Gasteiger partial charge in [0.1, 0.15) is 16.9 Å². The summed E-state index contributed by atoms with van der Waals surface area (Å²) in [5.74, 6) is -0.480. The van der Waals surface area contributed by atoms with Gasteiger partial charge in [0.25, 0.3) is 5.91 Å². The lowest BCUT2D eigenvalue weighted by atomic mass is 9.85. The summed E-state index contributed by atoms with van der Waals surface area (Å²) in [6, 6.07) is 4.75. The number of carbonyl (C=O) groups excluding carboxylic acids is 1. The fourth-order valence-corrected chi connectivity index (χ4v) is 5.35. The monoisotopic (exact) mass is 532 g/mol. The van der Waals surface area contributed by atoms with Crippen LogP contribution in [0.5, 0.6) is 5.75 Å². The maximum absolute atomic E-state index is 13.2. The van der Waals surface area contributed by atoms with Crippen LogP contribution in [0.4, 0.5) is 13.2 Å². The third-order valence-electron chi connectivity index (χ3n) is 6.69. The minimum absolute atomic E-state index is 0.00929. The van der Waals surface area contributed by atoms with Gasteiger partial charge in [-0.3, -0.25) is 4.79 Å². The van der Waals surface area contributed by atoms with Gasteiger partial charge in [0.15, 0.2) is 0 Å². The maximum Gasteiger partial charge on any atom is 0.451 e. The number of halogens is 3. The Morgan fingerprint density at radius 3 is 2.46 bits per heavy atom. The Morgan fingerprint density at radius 2 is 1.81 bits per heavy atom. The lowest BCUT2D eigenvalue weighted by Crippen LogP contribution is -2.28. The van der Waals surface area contributed by atoms with E-state index in [1.54, 1.807) is 30.4 Å². The first kappa shape index (κ1) is 25.6. The largest absolute Gasteiger partial charge is 0.490 e. The van der Waals surface area contributed by atoms with Crippen LogP contribution in [0, 0.1) is 0 Å². The molecule has 2 aromatic heterocycles. The topological polar surface area (TPSA) is 86.2 Å². The molecule has 37 heavy (non-hydrogen) atoms. The molecule has 1 saturated heterocycles. The van der Waals surface area contributed by atoms with Crippen molar-refractivity contribution >= 4 is 17.2 Å². The number of nitrogens with one attached hydrogen (secondary N) is 1. The number of carbonyl (C=O) groups is 1. The molecule has 7 nitrogen and oxygen atoms in total. The summed E-state index contributed by atoms with van der Waals surface area (Å²) in [4.78, 5) is 25.9. The average Bonchev–Trinajstić information content (AvgIpc) is 3.32. The van der Waals surface area contributed by atoms with Gasteiger partial charge in [-0.15, -0.1) is 11.3 Å². The predicted molar refractivity (Wildman–Crippen MR) is 132 cm³/mol. The lowest BCUT2D eigenvalue weighted by molar-refractivity contribution is -0.145. The van der Waals surface area contributed by atoms with Crippen molar-refractivity contribution in [3.8, 4) is 16.3 Å². The second-order valence-electron chi connectivity index (χ2n) is 9.40. The van der Waals surface area contributed by atoms with Gasteiger partial charge in [0.05, 0.1) is 19.3 Å². The molecule has 3 heterocycles. The first-order valence-corrected chi connectivity index (χ1v) is 13.1. The first-order chi connectivity index (χ1) is 17.8. The van der Waals surface area contributed by atoms with Gasteiger partial charge >= 0.3 is 6.18 Å². The molecule has 1 aromatic carbocycles. The van der Waals surface area contributed by atoms with Crippen LogP contribution in [-0.2, 0) is 10.9 Å². The Kier molecular flexibility index (Phi) is 7.43. The van der Waals surface area contributed by atoms with Crippen LogP contribution in [0.15, 0.2) is 36.8 Å². The van der Waals surface area contributed by atoms with Crippen LogP contribution in [-0.4, -0.2) is 40.2 Å². The van der Waals surface area contributed by atoms with Gasteiger partial charge in [-0.1, -0.05) is 6.42 Å². The molecule has 0 spiro atoms. The zero-order chi connectivity index (χ0) is 26.0. The Balaban J connectivity index is 1.37. The van der Waals surface area contributed by atoms with Crippen LogP contribution in [0.1, 0.15) is 77.6 Å². The van der Waals surface area contributed by atoms with Crippen molar-refractivity contribution in [2.75, 3.05) is 13.2 Å². The van der Waals surface area contributed by atoms with Crippen LogP contribution in [0.2, 0.25) is 0 Å². The van der Waals surface area contributed by atoms with Crippen LogP contribution in [0.25, 0.3) is 10.6 Å². The third-order valence-corrected chi connectivity index (χ3v) is 7.90. The van der Waals surface area contributed by atoms with E-state index in [1.807, 2.05) is 12.3 Å². The number of ether oxygens (including phenoxy) is 2. The molecule has 11 heteroatoms. The highest BCUT2D eigenvalue weighted by Crippen LogP contribution is 2.41. The zero-order valence-corrected chi connectivity index (χ0v) is 21.1. The van der Waals surface area contributed by atoms with E-state index in [0.717, 1.165) is 35.8 Å². The number of thiazole rings is 1. The third kappa shape index (κ3) is 6.10. The molecule has 1 aliphatic heterocycles. The highest BCUT2D eigenvalue weighted by Gasteiger charge is 2.34. The van der Waals surface area contributed by atoms with Gasteiger partial charge in [-0.05, 0) is 43.9 Å². The first-order valence-electron chi connectivity index (χ1n) is 12.3. The molecule has 2 aliphatic rings. The smallest absolute Gasteiger partial charge is 0.451 e. The molecular formula is C26H27F3N4O3S. The van der Waals surface area contributed by atoms with E-state index in [4.69, 9.17) is 9.47 Å². The quantitative estimate of drug-likeness (QED) is 0.406. The maximum atomic E-state index is 13.2. The highest BCUT2D eigenvalue weighted by atomic mass is 32.1. The van der Waals surface area contributed by atoms with Crippen molar-refractivity contribution in [2.24, 2.45) is 0 Å². The number of benzene rings is 1. The van der Waals surface area contributed by atoms with E-state index in [9.17, 15) is 18.0 Å². The Morgan fingerprint density at radius 1 is 1.08 bits per heavy atom. The van der Waals surface area contributed by atoms with Gasteiger partial charge in [-0.25, -0.2) is 15.0 Å². The SMILES string of the molecule is CC(NC(=O)c1cc(OC2CCOCC2)cc(-c2ncc(C3CCC3)s2)c1)c1cnc(C(F)(F)F)nc1. The number of rotatable bonds is 7. The molecule has 3 aromatic rings. The second-order valence-corrected chi connectivity index (χ2v) is 10.5. The van der Waals surface area contributed by atoms with Gasteiger partial charge in [-0.2, -0.15) is 13.2 Å². The highest BCUT2D eigenvalue weighted by molar-refractivity contribution is 7.15. The molecule has 0 radical (unpaired) electrons. The van der Waals surface area contributed by atoms with Crippen molar-refractivity contribution in [1.29, 1.82) is 0 Å². The summed E-state index contributed by atoms with van der Waals surface area (Å²) in [6.07, 6.45) is 4.55. The molecule has 1 atom stereocenters. The van der Waals surface area contributed by atoms with E-state index in [0.29, 0.717) is 36.0 Å². The van der Waals surface area contributed by atoms with Gasteiger partial charge < -0.3 is 14.8 Å². The molecule has 5 rings (SSSR count). The molecule has 1 N–H and O–H groups in total. The molecule has 2 fully saturated rings. The van der Waals surface area contributed by atoms with E-state index >= 15 is 0 Å². The minimum Gasteiger partial charge on any atom is -0.490 e. The average molecular weight is 533 g/mol. The van der Waals surface area contributed by atoms with Crippen LogP contribution in [0.3, 0.4) is 0 Å². The van der Waals surface area contributed by atoms with E-state index in [2.05, 4.69) is 20.3 Å².